The van der Waals surface area contributed by atoms with E-state index in [1.807, 2.05) is 32.9 Å². The Balaban J connectivity index is 2.28. The van der Waals surface area contributed by atoms with E-state index < -0.39 is 0 Å². The SMILES string of the molecule is CCOc1cc(C(=O)Nc2ccc(C(C)CC)cc2)cc(OCC)c1OCC. The van der Waals surface area contributed by atoms with Crippen molar-refractivity contribution in [3.05, 3.63) is 47.5 Å². The number of anilines is 1. The minimum absolute atomic E-state index is 0.221. The topological polar surface area (TPSA) is 56.8 Å². The number of carbonyl (C=O) groups is 1. The average Bonchev–Trinajstić information content (AvgIpc) is 2.70. The van der Waals surface area contributed by atoms with Crippen molar-refractivity contribution in [2.24, 2.45) is 0 Å². The maximum Gasteiger partial charge on any atom is 0.255 e. The molecule has 0 aromatic heterocycles. The quantitative estimate of drug-likeness (QED) is 0.574. The fourth-order valence-corrected chi connectivity index (χ4v) is 2.85. The van der Waals surface area contributed by atoms with Gasteiger partial charge in [-0.05, 0) is 62.9 Å². The van der Waals surface area contributed by atoms with Crippen molar-refractivity contribution in [3.8, 4) is 17.2 Å². The van der Waals surface area contributed by atoms with Gasteiger partial charge in [0, 0.05) is 11.3 Å². The summed E-state index contributed by atoms with van der Waals surface area (Å²) in [5.74, 6) is 1.82. The number of hydrogen-bond donors (Lipinski definition) is 1. The van der Waals surface area contributed by atoms with Gasteiger partial charge in [-0.15, -0.1) is 0 Å². The van der Waals surface area contributed by atoms with Crippen LogP contribution in [-0.2, 0) is 0 Å². The summed E-state index contributed by atoms with van der Waals surface area (Å²) < 4.78 is 17.1. The van der Waals surface area contributed by atoms with E-state index in [1.165, 1.54) is 5.56 Å². The molecule has 0 radical (unpaired) electrons. The monoisotopic (exact) mass is 385 g/mol. The highest BCUT2D eigenvalue weighted by molar-refractivity contribution is 6.05. The number of benzene rings is 2. The fraction of sp³-hybridized carbons (Fsp3) is 0.435. The van der Waals surface area contributed by atoms with E-state index in [-0.39, 0.29) is 5.91 Å². The van der Waals surface area contributed by atoms with Crippen molar-refractivity contribution in [2.45, 2.75) is 47.0 Å². The molecule has 1 N–H and O–H groups in total. The van der Waals surface area contributed by atoms with Crippen LogP contribution in [0.25, 0.3) is 0 Å². The molecule has 0 aliphatic heterocycles. The first-order valence-electron chi connectivity index (χ1n) is 10.0. The molecule has 0 aliphatic carbocycles. The number of hydrogen-bond acceptors (Lipinski definition) is 4. The van der Waals surface area contributed by atoms with Gasteiger partial charge >= 0.3 is 0 Å². The zero-order chi connectivity index (χ0) is 20.5. The third-order valence-corrected chi connectivity index (χ3v) is 4.52. The molecule has 1 amide bonds. The number of nitrogens with one attached hydrogen (secondary N) is 1. The van der Waals surface area contributed by atoms with Gasteiger partial charge in [0.2, 0.25) is 5.75 Å². The molecule has 2 aromatic carbocycles. The average molecular weight is 386 g/mol. The van der Waals surface area contributed by atoms with Crippen LogP contribution in [0.15, 0.2) is 36.4 Å². The molecule has 152 valence electrons. The van der Waals surface area contributed by atoms with Gasteiger partial charge in [0.05, 0.1) is 19.8 Å². The van der Waals surface area contributed by atoms with E-state index in [2.05, 4.69) is 31.3 Å². The van der Waals surface area contributed by atoms with Crippen LogP contribution >= 0.6 is 0 Å². The first kappa shape index (κ1) is 21.6. The van der Waals surface area contributed by atoms with Gasteiger partial charge in [-0.2, -0.15) is 0 Å². The van der Waals surface area contributed by atoms with Gasteiger partial charge < -0.3 is 19.5 Å². The Morgan fingerprint density at radius 3 is 1.89 bits per heavy atom. The standard InChI is InChI=1S/C23H31NO4/c1-6-16(5)17-10-12-19(13-11-17)24-23(25)18-14-20(26-7-2)22(28-9-4)21(15-18)27-8-3/h10-16H,6-9H2,1-5H3,(H,24,25). The third kappa shape index (κ3) is 5.41. The highest BCUT2D eigenvalue weighted by Crippen LogP contribution is 2.39. The van der Waals surface area contributed by atoms with Crippen molar-refractivity contribution >= 4 is 11.6 Å². The van der Waals surface area contributed by atoms with Gasteiger partial charge in [0.15, 0.2) is 11.5 Å². The summed E-state index contributed by atoms with van der Waals surface area (Å²) in [5, 5.41) is 2.94. The predicted molar refractivity (Wildman–Crippen MR) is 113 cm³/mol. The Morgan fingerprint density at radius 1 is 0.893 bits per heavy atom. The lowest BCUT2D eigenvalue weighted by molar-refractivity contribution is 0.102. The predicted octanol–water partition coefficient (Wildman–Crippen LogP) is 5.65. The molecule has 2 aromatic rings. The van der Waals surface area contributed by atoms with E-state index in [1.54, 1.807) is 12.1 Å². The molecule has 5 nitrogen and oxygen atoms in total. The second-order valence-corrected chi connectivity index (χ2v) is 6.49. The Kier molecular flexibility index (Phi) is 8.18. The molecule has 0 aliphatic rings. The van der Waals surface area contributed by atoms with E-state index in [9.17, 15) is 4.79 Å². The smallest absolute Gasteiger partial charge is 0.255 e. The summed E-state index contributed by atoms with van der Waals surface area (Å²) in [6.45, 7) is 11.4. The van der Waals surface area contributed by atoms with Crippen molar-refractivity contribution in [1.82, 2.24) is 0 Å². The minimum Gasteiger partial charge on any atom is -0.490 e. The van der Waals surface area contributed by atoms with Crippen LogP contribution in [0.2, 0.25) is 0 Å². The van der Waals surface area contributed by atoms with Crippen LogP contribution in [0.5, 0.6) is 17.2 Å². The zero-order valence-electron chi connectivity index (χ0n) is 17.5. The zero-order valence-corrected chi connectivity index (χ0v) is 17.5. The Hall–Kier alpha value is -2.69. The highest BCUT2D eigenvalue weighted by Gasteiger charge is 2.18. The molecular weight excluding hydrogens is 354 g/mol. The summed E-state index contributed by atoms with van der Waals surface area (Å²) in [5.41, 5.74) is 2.47. The molecular formula is C23H31NO4. The first-order valence-corrected chi connectivity index (χ1v) is 10.0. The van der Waals surface area contributed by atoms with Crippen molar-refractivity contribution in [3.63, 3.8) is 0 Å². The van der Waals surface area contributed by atoms with Crippen LogP contribution in [0, 0.1) is 0 Å². The maximum absolute atomic E-state index is 12.8. The number of amides is 1. The summed E-state index contributed by atoms with van der Waals surface area (Å²) in [6.07, 6.45) is 1.08. The maximum atomic E-state index is 12.8. The molecule has 0 spiro atoms. The number of rotatable bonds is 10. The highest BCUT2D eigenvalue weighted by atomic mass is 16.5. The summed E-state index contributed by atoms with van der Waals surface area (Å²) >= 11 is 0. The summed E-state index contributed by atoms with van der Waals surface area (Å²) in [7, 11) is 0. The van der Waals surface area contributed by atoms with Crippen LogP contribution < -0.4 is 19.5 Å². The molecule has 5 heteroatoms. The van der Waals surface area contributed by atoms with Crippen LogP contribution in [-0.4, -0.2) is 25.7 Å². The largest absolute Gasteiger partial charge is 0.490 e. The van der Waals surface area contributed by atoms with Crippen LogP contribution in [0.1, 0.15) is 62.9 Å². The lowest BCUT2D eigenvalue weighted by Gasteiger charge is -2.17. The van der Waals surface area contributed by atoms with Gasteiger partial charge in [0.1, 0.15) is 0 Å². The second-order valence-electron chi connectivity index (χ2n) is 6.49. The van der Waals surface area contributed by atoms with Gasteiger partial charge in [-0.25, -0.2) is 0 Å². The van der Waals surface area contributed by atoms with E-state index >= 15 is 0 Å². The lowest BCUT2D eigenvalue weighted by Crippen LogP contribution is -2.13. The lowest BCUT2D eigenvalue weighted by atomic mass is 9.98. The molecule has 28 heavy (non-hydrogen) atoms. The Bertz CT molecular complexity index is 744. The molecule has 0 heterocycles. The summed E-state index contributed by atoms with van der Waals surface area (Å²) in [6, 6.07) is 11.4. The van der Waals surface area contributed by atoms with Crippen LogP contribution in [0.4, 0.5) is 5.69 Å². The molecule has 0 fully saturated rings. The Morgan fingerprint density at radius 2 is 1.43 bits per heavy atom. The molecule has 0 bridgehead atoms. The summed E-state index contributed by atoms with van der Waals surface area (Å²) in [4.78, 5) is 12.8. The number of ether oxygens (including phenoxy) is 3. The molecule has 1 atom stereocenters. The van der Waals surface area contributed by atoms with Crippen molar-refractivity contribution < 1.29 is 19.0 Å². The van der Waals surface area contributed by atoms with Gasteiger partial charge in [0.25, 0.3) is 5.91 Å². The molecule has 2 rings (SSSR count). The molecule has 0 saturated carbocycles. The minimum atomic E-state index is -0.221. The van der Waals surface area contributed by atoms with Crippen LogP contribution in [0.3, 0.4) is 0 Å². The van der Waals surface area contributed by atoms with E-state index in [0.29, 0.717) is 48.6 Å². The van der Waals surface area contributed by atoms with Crippen molar-refractivity contribution in [1.29, 1.82) is 0 Å². The fourth-order valence-electron chi connectivity index (χ4n) is 2.85. The van der Waals surface area contributed by atoms with E-state index in [4.69, 9.17) is 14.2 Å². The third-order valence-electron chi connectivity index (χ3n) is 4.52. The van der Waals surface area contributed by atoms with E-state index in [0.717, 1.165) is 12.1 Å². The second kappa shape index (κ2) is 10.6. The van der Waals surface area contributed by atoms with Crippen molar-refractivity contribution in [2.75, 3.05) is 25.1 Å². The number of carbonyl (C=O) groups excluding carboxylic acids is 1. The molecule has 1 unspecified atom stereocenters. The normalized spacial score (nSPS) is 11.6. The van der Waals surface area contributed by atoms with Gasteiger partial charge in [-0.3, -0.25) is 4.79 Å². The molecule has 0 saturated heterocycles. The van der Waals surface area contributed by atoms with Gasteiger partial charge in [-0.1, -0.05) is 26.0 Å². The first-order chi connectivity index (χ1) is 13.5. The Labute approximate surface area is 168 Å².